The maximum Gasteiger partial charge on any atom is 0.236 e. The summed E-state index contributed by atoms with van der Waals surface area (Å²) in [6.07, 6.45) is 6.59. The number of carbonyl (C=O) groups excluding carboxylic acids is 1. The van der Waals surface area contributed by atoms with Crippen LogP contribution >= 0.6 is 11.3 Å². The van der Waals surface area contributed by atoms with Crippen molar-refractivity contribution in [3.8, 4) is 0 Å². The fourth-order valence-corrected chi connectivity index (χ4v) is 6.01. The van der Waals surface area contributed by atoms with Crippen molar-refractivity contribution in [2.24, 2.45) is 7.05 Å². The van der Waals surface area contributed by atoms with Gasteiger partial charge in [0.15, 0.2) is 0 Å². The lowest BCUT2D eigenvalue weighted by Gasteiger charge is -2.34. The molecule has 6 heteroatoms. The number of aromatic nitrogens is 2. The molecule has 0 radical (unpaired) electrons. The zero-order valence-electron chi connectivity index (χ0n) is 17.0. The van der Waals surface area contributed by atoms with E-state index in [2.05, 4.69) is 57.9 Å². The zero-order valence-corrected chi connectivity index (χ0v) is 17.8. The van der Waals surface area contributed by atoms with E-state index in [0.717, 1.165) is 50.8 Å². The van der Waals surface area contributed by atoms with Crippen LogP contribution in [0.5, 0.6) is 0 Å². The number of hydrogen-bond acceptors (Lipinski definition) is 4. The van der Waals surface area contributed by atoms with E-state index in [4.69, 9.17) is 4.98 Å². The van der Waals surface area contributed by atoms with E-state index >= 15 is 0 Å². The first-order chi connectivity index (χ1) is 14.2. The van der Waals surface area contributed by atoms with Gasteiger partial charge in [0.05, 0.1) is 27.8 Å². The van der Waals surface area contributed by atoms with Crippen molar-refractivity contribution in [3.05, 3.63) is 53.3 Å². The van der Waals surface area contributed by atoms with Gasteiger partial charge in [0.1, 0.15) is 0 Å². The van der Waals surface area contributed by atoms with Gasteiger partial charge in [-0.25, -0.2) is 4.98 Å². The fraction of sp³-hybridized carbons (Fsp3) is 0.478. The van der Waals surface area contributed by atoms with E-state index in [-0.39, 0.29) is 5.91 Å². The molecule has 0 saturated carbocycles. The van der Waals surface area contributed by atoms with Crippen molar-refractivity contribution in [1.29, 1.82) is 0 Å². The summed E-state index contributed by atoms with van der Waals surface area (Å²) in [7, 11) is 2.10. The Morgan fingerprint density at radius 3 is 2.83 bits per heavy atom. The average molecular weight is 409 g/mol. The summed E-state index contributed by atoms with van der Waals surface area (Å²) in [6, 6.07) is 13.0. The smallest absolute Gasteiger partial charge is 0.236 e. The van der Waals surface area contributed by atoms with Crippen molar-refractivity contribution >= 4 is 27.5 Å². The first kappa shape index (κ1) is 18.8. The Kier molecular flexibility index (Phi) is 5.14. The number of piperidine rings is 1. The van der Waals surface area contributed by atoms with Crippen LogP contribution in [-0.2, 0) is 11.8 Å². The first-order valence-corrected chi connectivity index (χ1v) is 11.5. The topological polar surface area (TPSA) is 41.4 Å². The lowest BCUT2D eigenvalue weighted by molar-refractivity contribution is -0.133. The second-order valence-electron chi connectivity index (χ2n) is 8.37. The summed E-state index contributed by atoms with van der Waals surface area (Å²) >= 11 is 1.79. The monoisotopic (exact) mass is 408 g/mol. The van der Waals surface area contributed by atoms with E-state index < -0.39 is 0 Å². The Hall–Kier alpha value is -2.18. The van der Waals surface area contributed by atoms with Gasteiger partial charge in [-0.3, -0.25) is 9.69 Å². The number of benzene rings is 1. The van der Waals surface area contributed by atoms with E-state index in [1.54, 1.807) is 11.3 Å². The minimum absolute atomic E-state index is 0.275. The molecular formula is C23H28N4OS. The molecule has 29 heavy (non-hydrogen) atoms. The molecule has 0 bridgehead atoms. The molecule has 2 fully saturated rings. The molecule has 0 N–H and O–H groups in total. The quantitative estimate of drug-likeness (QED) is 0.650. The molecule has 2 saturated heterocycles. The number of thiazole rings is 1. The normalized spacial score (nSPS) is 23.1. The second-order valence-corrected chi connectivity index (χ2v) is 9.43. The molecule has 4 heterocycles. The maximum atomic E-state index is 13.2. The highest BCUT2D eigenvalue weighted by Gasteiger charge is 2.32. The van der Waals surface area contributed by atoms with Crippen LogP contribution in [0.2, 0.25) is 0 Å². The van der Waals surface area contributed by atoms with Gasteiger partial charge in [0.2, 0.25) is 5.91 Å². The molecule has 2 unspecified atom stereocenters. The molecule has 0 aliphatic carbocycles. The molecule has 5 nitrogen and oxygen atoms in total. The third-order valence-corrected chi connectivity index (χ3v) is 7.66. The van der Waals surface area contributed by atoms with Crippen LogP contribution in [0.15, 0.2) is 42.6 Å². The summed E-state index contributed by atoms with van der Waals surface area (Å²) in [5.74, 6) is 0.643. The lowest BCUT2D eigenvalue weighted by atomic mass is 9.98. The molecule has 2 atom stereocenters. The SMILES string of the molecule is Cn1cccc1C1CCCN1CC(=O)N1CCCC(c2nc3ccccc3s2)C1. The van der Waals surface area contributed by atoms with E-state index in [9.17, 15) is 4.79 Å². The van der Waals surface area contributed by atoms with Gasteiger partial charge in [-0.05, 0) is 56.5 Å². The van der Waals surface area contributed by atoms with Crippen molar-refractivity contribution in [1.82, 2.24) is 19.4 Å². The average Bonchev–Trinajstić information content (AvgIpc) is 3.47. The van der Waals surface area contributed by atoms with Crippen molar-refractivity contribution in [2.45, 2.75) is 37.6 Å². The molecule has 3 aromatic rings. The number of para-hydroxylation sites is 1. The molecule has 2 aromatic heterocycles. The van der Waals surface area contributed by atoms with Crippen molar-refractivity contribution in [2.75, 3.05) is 26.2 Å². The number of aryl methyl sites for hydroxylation is 1. The van der Waals surface area contributed by atoms with Crippen molar-refractivity contribution in [3.63, 3.8) is 0 Å². The highest BCUT2D eigenvalue weighted by molar-refractivity contribution is 7.18. The molecule has 0 spiro atoms. The number of carbonyl (C=O) groups is 1. The third kappa shape index (κ3) is 3.71. The molecule has 2 aliphatic rings. The Bertz CT molecular complexity index is 976. The standard InChI is InChI=1S/C23H28N4OS/c1-25-12-5-9-19(25)20-10-6-13-26(20)16-22(28)27-14-4-7-17(15-27)23-24-18-8-2-3-11-21(18)29-23/h2-3,5,8-9,11-12,17,20H,4,6-7,10,13-16H2,1H3. The Labute approximate surface area is 175 Å². The fourth-order valence-electron chi connectivity index (χ4n) is 4.91. The van der Waals surface area contributed by atoms with Crippen LogP contribution in [-0.4, -0.2) is 51.4 Å². The van der Waals surface area contributed by atoms with Crippen LogP contribution in [0, 0.1) is 0 Å². The van der Waals surface area contributed by atoms with Gasteiger partial charge in [-0.15, -0.1) is 11.3 Å². The zero-order chi connectivity index (χ0) is 19.8. The summed E-state index contributed by atoms with van der Waals surface area (Å²) in [4.78, 5) is 22.5. The Morgan fingerprint density at radius 2 is 2.00 bits per heavy atom. The minimum atomic E-state index is 0.275. The summed E-state index contributed by atoms with van der Waals surface area (Å²) in [6.45, 7) is 3.23. The largest absolute Gasteiger partial charge is 0.353 e. The van der Waals surface area contributed by atoms with Gasteiger partial charge in [-0.2, -0.15) is 0 Å². The van der Waals surface area contributed by atoms with Crippen LogP contribution in [0.1, 0.15) is 48.3 Å². The Balaban J connectivity index is 1.27. The van der Waals surface area contributed by atoms with E-state index in [1.807, 2.05) is 6.07 Å². The number of hydrogen-bond donors (Lipinski definition) is 0. The first-order valence-electron chi connectivity index (χ1n) is 10.7. The maximum absolute atomic E-state index is 13.2. The molecule has 1 amide bonds. The van der Waals surface area contributed by atoms with Crippen LogP contribution in [0.25, 0.3) is 10.2 Å². The lowest BCUT2D eigenvalue weighted by Crippen LogP contribution is -2.44. The van der Waals surface area contributed by atoms with E-state index in [0.29, 0.717) is 18.5 Å². The third-order valence-electron chi connectivity index (χ3n) is 6.46. The highest BCUT2D eigenvalue weighted by atomic mass is 32.1. The second kappa shape index (κ2) is 7.92. The number of likely N-dealkylation sites (tertiary alicyclic amines) is 2. The van der Waals surface area contributed by atoms with Gasteiger partial charge in [-0.1, -0.05) is 12.1 Å². The molecular weight excluding hydrogens is 380 g/mol. The van der Waals surface area contributed by atoms with Gasteiger partial charge in [0.25, 0.3) is 0 Å². The molecule has 5 rings (SSSR count). The summed E-state index contributed by atoms with van der Waals surface area (Å²) in [5.41, 5.74) is 2.40. The molecule has 152 valence electrons. The summed E-state index contributed by atoms with van der Waals surface area (Å²) in [5, 5.41) is 1.19. The number of fused-ring (bicyclic) bond motifs is 1. The van der Waals surface area contributed by atoms with Crippen molar-refractivity contribution < 1.29 is 4.79 Å². The number of amides is 1. The number of nitrogens with zero attached hydrogens (tertiary/aromatic N) is 4. The Morgan fingerprint density at radius 1 is 1.14 bits per heavy atom. The summed E-state index contributed by atoms with van der Waals surface area (Å²) < 4.78 is 3.44. The highest BCUT2D eigenvalue weighted by Crippen LogP contribution is 2.34. The predicted molar refractivity (Wildman–Crippen MR) is 117 cm³/mol. The molecule has 1 aromatic carbocycles. The number of rotatable bonds is 4. The van der Waals surface area contributed by atoms with Crippen LogP contribution in [0.3, 0.4) is 0 Å². The van der Waals surface area contributed by atoms with Crippen LogP contribution in [0.4, 0.5) is 0 Å². The van der Waals surface area contributed by atoms with Gasteiger partial charge < -0.3 is 9.47 Å². The predicted octanol–water partition coefficient (Wildman–Crippen LogP) is 4.18. The minimum Gasteiger partial charge on any atom is -0.353 e. The molecule has 2 aliphatic heterocycles. The van der Waals surface area contributed by atoms with Gasteiger partial charge in [0, 0.05) is 37.9 Å². The van der Waals surface area contributed by atoms with E-state index in [1.165, 1.54) is 15.4 Å². The van der Waals surface area contributed by atoms with Gasteiger partial charge >= 0.3 is 0 Å². The van der Waals surface area contributed by atoms with Crippen LogP contribution < -0.4 is 0 Å².